The lowest BCUT2D eigenvalue weighted by atomic mass is 10.0. The molecule has 1 N–H and O–H groups in total. The Morgan fingerprint density at radius 2 is 2.18 bits per heavy atom. The number of allylic oxidation sites excluding steroid dienone is 1. The van der Waals surface area contributed by atoms with Crippen LogP contribution >= 0.6 is 0 Å². The molecule has 0 unspecified atom stereocenters. The second-order valence-electron chi connectivity index (χ2n) is 4.38. The van der Waals surface area contributed by atoms with Gasteiger partial charge in [-0.15, -0.1) is 0 Å². The molecule has 1 aromatic heterocycles. The molecule has 3 heteroatoms. The number of rotatable bonds is 1. The van der Waals surface area contributed by atoms with Gasteiger partial charge in [-0.05, 0) is 24.5 Å². The Hall–Kier alpha value is -2.03. The second-order valence-corrected chi connectivity index (χ2v) is 4.38. The van der Waals surface area contributed by atoms with Crippen LogP contribution in [-0.4, -0.2) is 16.0 Å². The molecule has 3 rings (SSSR count). The molecule has 0 bridgehead atoms. The van der Waals surface area contributed by atoms with Crippen molar-refractivity contribution >= 4 is 22.7 Å². The van der Waals surface area contributed by atoms with Crippen LogP contribution in [-0.2, 0) is 6.54 Å². The van der Waals surface area contributed by atoms with Crippen molar-refractivity contribution in [3.63, 3.8) is 0 Å². The van der Waals surface area contributed by atoms with Crippen LogP contribution in [0.5, 0.6) is 0 Å². The topological polar surface area (TPSA) is 37.5 Å². The van der Waals surface area contributed by atoms with Gasteiger partial charge in [-0.2, -0.15) is 0 Å². The number of fused-ring (bicyclic) bond motifs is 3. The molecule has 2 heterocycles. The van der Waals surface area contributed by atoms with E-state index in [9.17, 15) is 0 Å². The maximum atomic E-state index is 8.82. The van der Waals surface area contributed by atoms with E-state index in [1.54, 1.807) is 0 Å². The highest BCUT2D eigenvalue weighted by molar-refractivity contribution is 6.04. The predicted molar refractivity (Wildman–Crippen MR) is 69.6 cm³/mol. The molecule has 0 aliphatic carbocycles. The standard InChI is InChI=1S/C14H14N2O/c1-10-5-4-8-16-13-7-3-2-6-11(13)12(9-15-17)14(10)16/h2-3,6-7,9,17H,1,4-5,8H2/b15-9+. The number of nitrogens with zero attached hydrogens (tertiary/aromatic N) is 2. The van der Waals surface area contributed by atoms with Crippen LogP contribution in [0.2, 0.25) is 0 Å². The molecule has 0 saturated carbocycles. The summed E-state index contributed by atoms with van der Waals surface area (Å²) in [5, 5.41) is 13.1. The fourth-order valence-electron chi connectivity index (χ4n) is 2.70. The van der Waals surface area contributed by atoms with E-state index in [-0.39, 0.29) is 0 Å². The predicted octanol–water partition coefficient (Wildman–Crippen LogP) is 3.26. The molecule has 1 aliphatic rings. The molecule has 86 valence electrons. The van der Waals surface area contributed by atoms with Crippen molar-refractivity contribution in [2.75, 3.05) is 0 Å². The third-order valence-corrected chi connectivity index (χ3v) is 3.39. The Labute approximate surface area is 99.7 Å². The van der Waals surface area contributed by atoms with Crippen LogP contribution in [0.3, 0.4) is 0 Å². The summed E-state index contributed by atoms with van der Waals surface area (Å²) in [6, 6.07) is 8.20. The molecule has 17 heavy (non-hydrogen) atoms. The van der Waals surface area contributed by atoms with Gasteiger partial charge < -0.3 is 9.77 Å². The summed E-state index contributed by atoms with van der Waals surface area (Å²) in [6.07, 6.45) is 3.66. The van der Waals surface area contributed by atoms with Crippen LogP contribution in [0.15, 0.2) is 36.0 Å². The number of aromatic nitrogens is 1. The number of para-hydroxylation sites is 1. The lowest BCUT2D eigenvalue weighted by molar-refractivity contribution is 0.322. The zero-order chi connectivity index (χ0) is 11.8. The monoisotopic (exact) mass is 226 g/mol. The molecule has 1 aromatic carbocycles. The van der Waals surface area contributed by atoms with Crippen LogP contribution < -0.4 is 0 Å². The fraction of sp³-hybridized carbons (Fsp3) is 0.214. The highest BCUT2D eigenvalue weighted by Gasteiger charge is 2.20. The molecule has 3 nitrogen and oxygen atoms in total. The van der Waals surface area contributed by atoms with E-state index in [0.29, 0.717) is 0 Å². The molecule has 1 aliphatic heterocycles. The highest BCUT2D eigenvalue weighted by atomic mass is 16.4. The van der Waals surface area contributed by atoms with Gasteiger partial charge in [-0.1, -0.05) is 29.9 Å². The Morgan fingerprint density at radius 3 is 3.00 bits per heavy atom. The summed E-state index contributed by atoms with van der Waals surface area (Å²) < 4.78 is 2.28. The minimum atomic E-state index is 0.979. The van der Waals surface area contributed by atoms with Crippen LogP contribution in [0.4, 0.5) is 0 Å². The smallest absolute Gasteiger partial charge is 0.0761 e. The van der Waals surface area contributed by atoms with Crippen molar-refractivity contribution in [2.45, 2.75) is 19.4 Å². The lowest BCUT2D eigenvalue weighted by Gasteiger charge is -2.18. The Balaban J connectivity index is 2.43. The summed E-state index contributed by atoms with van der Waals surface area (Å²) in [4.78, 5) is 0. The molecule has 0 atom stereocenters. The third kappa shape index (κ3) is 1.39. The van der Waals surface area contributed by atoms with Crippen molar-refractivity contribution in [2.24, 2.45) is 5.16 Å². The van der Waals surface area contributed by atoms with E-state index >= 15 is 0 Å². The number of benzene rings is 1. The van der Waals surface area contributed by atoms with Crippen molar-refractivity contribution in [1.82, 2.24) is 4.57 Å². The Bertz CT molecular complexity index is 622. The fourth-order valence-corrected chi connectivity index (χ4v) is 2.70. The number of aryl methyl sites for hydroxylation is 1. The summed E-state index contributed by atoms with van der Waals surface area (Å²) in [7, 11) is 0. The summed E-state index contributed by atoms with van der Waals surface area (Å²) in [5.41, 5.74) is 4.42. The first kappa shape index (κ1) is 10.1. The third-order valence-electron chi connectivity index (χ3n) is 3.39. The molecule has 0 radical (unpaired) electrons. The first-order valence-electron chi connectivity index (χ1n) is 5.79. The zero-order valence-electron chi connectivity index (χ0n) is 9.56. The van der Waals surface area contributed by atoms with Gasteiger partial charge in [0.2, 0.25) is 0 Å². The molecular weight excluding hydrogens is 212 g/mol. The van der Waals surface area contributed by atoms with E-state index in [4.69, 9.17) is 5.21 Å². The van der Waals surface area contributed by atoms with Crippen molar-refractivity contribution in [3.05, 3.63) is 42.1 Å². The van der Waals surface area contributed by atoms with Gasteiger partial charge in [0.05, 0.1) is 11.9 Å². The quantitative estimate of drug-likeness (QED) is 0.452. The first-order chi connectivity index (χ1) is 8.33. The van der Waals surface area contributed by atoms with Crippen molar-refractivity contribution in [3.8, 4) is 0 Å². The van der Waals surface area contributed by atoms with Gasteiger partial charge in [-0.25, -0.2) is 0 Å². The van der Waals surface area contributed by atoms with Gasteiger partial charge in [0.15, 0.2) is 0 Å². The average Bonchev–Trinajstić information content (AvgIpc) is 2.67. The maximum Gasteiger partial charge on any atom is 0.0761 e. The van der Waals surface area contributed by atoms with Crippen LogP contribution in [0.25, 0.3) is 16.5 Å². The summed E-state index contributed by atoms with van der Waals surface area (Å²) in [6.45, 7) is 5.14. The van der Waals surface area contributed by atoms with Crippen LogP contribution in [0, 0.1) is 0 Å². The van der Waals surface area contributed by atoms with E-state index in [0.717, 1.165) is 41.6 Å². The molecule has 0 spiro atoms. The van der Waals surface area contributed by atoms with E-state index in [2.05, 4.69) is 28.4 Å². The molecular formula is C14H14N2O. The molecule has 0 fully saturated rings. The molecule has 2 aromatic rings. The molecule has 0 amide bonds. The number of hydrogen-bond donors (Lipinski definition) is 1. The number of hydrogen-bond acceptors (Lipinski definition) is 2. The normalized spacial score (nSPS) is 15.6. The van der Waals surface area contributed by atoms with Crippen molar-refractivity contribution in [1.29, 1.82) is 0 Å². The summed E-state index contributed by atoms with van der Waals surface area (Å²) >= 11 is 0. The minimum absolute atomic E-state index is 0.979. The van der Waals surface area contributed by atoms with E-state index in [1.807, 2.05) is 12.1 Å². The van der Waals surface area contributed by atoms with Gasteiger partial charge in [-0.3, -0.25) is 0 Å². The van der Waals surface area contributed by atoms with Crippen LogP contribution in [0.1, 0.15) is 24.1 Å². The van der Waals surface area contributed by atoms with Gasteiger partial charge in [0.1, 0.15) is 0 Å². The SMILES string of the molecule is C=C1CCCn2c1c(/C=N/O)c1ccccc12. The van der Waals surface area contributed by atoms with Gasteiger partial charge >= 0.3 is 0 Å². The van der Waals surface area contributed by atoms with Crippen molar-refractivity contribution < 1.29 is 5.21 Å². The Kier molecular flexibility index (Phi) is 2.25. The average molecular weight is 226 g/mol. The maximum absolute atomic E-state index is 8.82. The minimum Gasteiger partial charge on any atom is -0.411 e. The zero-order valence-corrected chi connectivity index (χ0v) is 9.56. The second kappa shape index (κ2) is 3.77. The first-order valence-corrected chi connectivity index (χ1v) is 5.79. The lowest BCUT2D eigenvalue weighted by Crippen LogP contribution is -2.09. The number of oxime groups is 1. The van der Waals surface area contributed by atoms with Gasteiger partial charge in [0, 0.05) is 23.0 Å². The molecule has 0 saturated heterocycles. The largest absolute Gasteiger partial charge is 0.411 e. The van der Waals surface area contributed by atoms with E-state index in [1.165, 1.54) is 11.7 Å². The highest BCUT2D eigenvalue weighted by Crippen LogP contribution is 2.34. The van der Waals surface area contributed by atoms with Gasteiger partial charge in [0.25, 0.3) is 0 Å². The Morgan fingerprint density at radius 1 is 1.35 bits per heavy atom. The van der Waals surface area contributed by atoms with E-state index < -0.39 is 0 Å². The summed E-state index contributed by atoms with van der Waals surface area (Å²) in [5.74, 6) is 0.